The molecule has 166 valence electrons. The van der Waals surface area contributed by atoms with E-state index in [0.29, 0.717) is 32.3 Å². The van der Waals surface area contributed by atoms with E-state index in [1.807, 2.05) is 25.1 Å². The fourth-order valence-electron chi connectivity index (χ4n) is 2.57. The molecule has 0 fully saturated rings. The van der Waals surface area contributed by atoms with Gasteiger partial charge in [-0.05, 0) is 36.2 Å². The van der Waals surface area contributed by atoms with E-state index in [1.54, 1.807) is 14.2 Å². The summed E-state index contributed by atoms with van der Waals surface area (Å²) in [7, 11) is 3.25. The number of aliphatic imine (C=N–C) groups is 1. The highest BCUT2D eigenvalue weighted by atomic mass is 127. The molecule has 2 N–H and O–H groups in total. The molecule has 0 amide bonds. The molecule has 0 heterocycles. The SMILES string of the molecule is CN=C(NCc1ccc(C(F)(F)F)cc1)NCc1ccc(C)cc1OCCOC.I. The lowest BCUT2D eigenvalue weighted by Gasteiger charge is -2.15. The Labute approximate surface area is 192 Å². The Kier molecular flexibility index (Phi) is 11.0. The van der Waals surface area contributed by atoms with Crippen molar-refractivity contribution in [3.63, 3.8) is 0 Å². The normalized spacial score (nSPS) is 11.6. The fourth-order valence-corrected chi connectivity index (χ4v) is 2.57. The number of rotatable bonds is 8. The summed E-state index contributed by atoms with van der Waals surface area (Å²) in [6.45, 7) is 3.77. The van der Waals surface area contributed by atoms with Crippen molar-refractivity contribution in [2.45, 2.75) is 26.2 Å². The van der Waals surface area contributed by atoms with Crippen LogP contribution in [0.4, 0.5) is 13.2 Å². The van der Waals surface area contributed by atoms with E-state index in [4.69, 9.17) is 9.47 Å². The minimum absolute atomic E-state index is 0. The van der Waals surface area contributed by atoms with Gasteiger partial charge < -0.3 is 20.1 Å². The average molecular weight is 537 g/mol. The van der Waals surface area contributed by atoms with Gasteiger partial charge in [0.25, 0.3) is 0 Å². The first kappa shape index (κ1) is 26.0. The third kappa shape index (κ3) is 8.39. The van der Waals surface area contributed by atoms with Crippen molar-refractivity contribution in [1.29, 1.82) is 0 Å². The van der Waals surface area contributed by atoms with Crippen molar-refractivity contribution in [3.05, 3.63) is 64.7 Å². The summed E-state index contributed by atoms with van der Waals surface area (Å²) >= 11 is 0. The van der Waals surface area contributed by atoms with Gasteiger partial charge in [-0.2, -0.15) is 13.2 Å². The van der Waals surface area contributed by atoms with Crippen molar-refractivity contribution in [3.8, 4) is 5.75 Å². The molecule has 30 heavy (non-hydrogen) atoms. The highest BCUT2D eigenvalue weighted by Crippen LogP contribution is 2.29. The number of nitrogens with one attached hydrogen (secondary N) is 2. The van der Waals surface area contributed by atoms with Gasteiger partial charge in [0.15, 0.2) is 5.96 Å². The number of halogens is 4. The van der Waals surface area contributed by atoms with Crippen LogP contribution in [0.15, 0.2) is 47.5 Å². The summed E-state index contributed by atoms with van der Waals surface area (Å²) in [5.74, 6) is 1.31. The third-order valence-corrected chi connectivity index (χ3v) is 4.18. The Morgan fingerprint density at radius 2 is 1.67 bits per heavy atom. The highest BCUT2D eigenvalue weighted by Gasteiger charge is 2.29. The zero-order valence-electron chi connectivity index (χ0n) is 17.2. The predicted octanol–water partition coefficient (Wildman–Crippen LogP) is 4.52. The summed E-state index contributed by atoms with van der Waals surface area (Å²) in [5.41, 5.74) is 2.11. The number of ether oxygens (including phenoxy) is 2. The van der Waals surface area contributed by atoms with Gasteiger partial charge >= 0.3 is 6.18 Å². The Morgan fingerprint density at radius 3 is 2.27 bits per heavy atom. The van der Waals surface area contributed by atoms with Gasteiger partial charge in [0.05, 0.1) is 12.2 Å². The van der Waals surface area contributed by atoms with Gasteiger partial charge in [0, 0.05) is 32.8 Å². The van der Waals surface area contributed by atoms with Crippen LogP contribution in [0.1, 0.15) is 22.3 Å². The third-order valence-electron chi connectivity index (χ3n) is 4.18. The number of hydrogen-bond donors (Lipinski definition) is 2. The molecule has 5 nitrogen and oxygen atoms in total. The van der Waals surface area contributed by atoms with Gasteiger partial charge in [-0.1, -0.05) is 24.3 Å². The van der Waals surface area contributed by atoms with Crippen molar-refractivity contribution in [2.75, 3.05) is 27.4 Å². The topological polar surface area (TPSA) is 54.9 Å². The molecule has 0 aliphatic heterocycles. The van der Waals surface area contributed by atoms with E-state index in [2.05, 4.69) is 15.6 Å². The predicted molar refractivity (Wildman–Crippen MR) is 122 cm³/mol. The Balaban J connectivity index is 0.00000450. The van der Waals surface area contributed by atoms with Crippen LogP contribution < -0.4 is 15.4 Å². The van der Waals surface area contributed by atoms with E-state index in [9.17, 15) is 13.2 Å². The average Bonchev–Trinajstić information content (AvgIpc) is 2.69. The summed E-state index contributed by atoms with van der Waals surface area (Å²) < 4.78 is 48.7. The number of methoxy groups -OCH3 is 1. The molecule has 2 rings (SSSR count). The maximum atomic E-state index is 12.6. The number of benzene rings is 2. The van der Waals surface area contributed by atoms with Crippen LogP contribution in [0.3, 0.4) is 0 Å². The van der Waals surface area contributed by atoms with Crippen molar-refractivity contribution in [1.82, 2.24) is 10.6 Å². The Hall–Kier alpha value is -2.01. The first-order valence-corrected chi connectivity index (χ1v) is 9.15. The summed E-state index contributed by atoms with van der Waals surface area (Å²) in [5, 5.41) is 6.28. The fraction of sp³-hybridized carbons (Fsp3) is 0.381. The summed E-state index contributed by atoms with van der Waals surface area (Å²) in [6, 6.07) is 11.0. The zero-order chi connectivity index (χ0) is 21.3. The standard InChI is InChI=1S/C21H26F3N3O2.HI/c1-15-4-7-17(19(12-15)29-11-10-28-3)14-27-20(25-2)26-13-16-5-8-18(9-6-16)21(22,23)24;/h4-9,12H,10-11,13-14H2,1-3H3,(H2,25,26,27);1H. The minimum Gasteiger partial charge on any atom is -0.491 e. The van der Waals surface area contributed by atoms with E-state index >= 15 is 0 Å². The lowest BCUT2D eigenvalue weighted by molar-refractivity contribution is -0.137. The molecule has 2 aromatic rings. The molecule has 0 saturated carbocycles. The van der Waals surface area contributed by atoms with E-state index in [1.165, 1.54) is 12.1 Å². The number of aryl methyl sites for hydroxylation is 1. The maximum absolute atomic E-state index is 12.6. The molecule has 0 aliphatic rings. The molecular formula is C21H27F3IN3O2. The van der Waals surface area contributed by atoms with E-state index in [-0.39, 0.29) is 24.0 Å². The van der Waals surface area contributed by atoms with Gasteiger partial charge in [-0.15, -0.1) is 24.0 Å². The molecule has 2 aromatic carbocycles. The van der Waals surface area contributed by atoms with Crippen LogP contribution in [-0.4, -0.2) is 33.3 Å². The molecule has 9 heteroatoms. The molecule has 0 saturated heterocycles. The number of nitrogens with zero attached hydrogens (tertiary/aromatic N) is 1. The minimum atomic E-state index is -4.33. The summed E-state index contributed by atoms with van der Waals surface area (Å²) in [4.78, 5) is 4.15. The van der Waals surface area contributed by atoms with Crippen LogP contribution >= 0.6 is 24.0 Å². The summed E-state index contributed by atoms with van der Waals surface area (Å²) in [6.07, 6.45) is -4.33. The molecule has 0 bridgehead atoms. The molecule has 0 aromatic heterocycles. The van der Waals surface area contributed by atoms with Gasteiger partial charge in [0.1, 0.15) is 12.4 Å². The van der Waals surface area contributed by atoms with Crippen molar-refractivity contribution < 1.29 is 22.6 Å². The van der Waals surface area contributed by atoms with Crippen molar-refractivity contribution in [2.24, 2.45) is 4.99 Å². The van der Waals surface area contributed by atoms with Crippen LogP contribution in [0.2, 0.25) is 0 Å². The molecule has 0 unspecified atom stereocenters. The second-order valence-electron chi connectivity index (χ2n) is 6.43. The lowest BCUT2D eigenvalue weighted by atomic mass is 10.1. The van der Waals surface area contributed by atoms with Gasteiger partial charge in [-0.3, -0.25) is 4.99 Å². The van der Waals surface area contributed by atoms with Crippen molar-refractivity contribution >= 4 is 29.9 Å². The number of hydrogen-bond acceptors (Lipinski definition) is 3. The smallest absolute Gasteiger partial charge is 0.416 e. The molecule has 0 atom stereocenters. The maximum Gasteiger partial charge on any atom is 0.416 e. The monoisotopic (exact) mass is 537 g/mol. The van der Waals surface area contributed by atoms with Gasteiger partial charge in [0.2, 0.25) is 0 Å². The van der Waals surface area contributed by atoms with Gasteiger partial charge in [-0.25, -0.2) is 0 Å². The lowest BCUT2D eigenvalue weighted by Crippen LogP contribution is -2.36. The molecular weight excluding hydrogens is 510 g/mol. The van der Waals surface area contributed by atoms with Crippen LogP contribution in [-0.2, 0) is 24.0 Å². The first-order chi connectivity index (χ1) is 13.8. The van der Waals surface area contributed by atoms with Crippen LogP contribution in [0.5, 0.6) is 5.75 Å². The highest BCUT2D eigenvalue weighted by molar-refractivity contribution is 14.0. The molecule has 0 aliphatic carbocycles. The van der Waals surface area contributed by atoms with E-state index < -0.39 is 11.7 Å². The van der Waals surface area contributed by atoms with Crippen LogP contribution in [0, 0.1) is 6.92 Å². The van der Waals surface area contributed by atoms with Crippen LogP contribution in [0.25, 0.3) is 0 Å². The second-order valence-corrected chi connectivity index (χ2v) is 6.43. The molecule has 0 radical (unpaired) electrons. The Bertz CT molecular complexity index is 812. The first-order valence-electron chi connectivity index (χ1n) is 9.15. The quantitative estimate of drug-likeness (QED) is 0.225. The number of guanidine groups is 1. The van der Waals surface area contributed by atoms with E-state index in [0.717, 1.165) is 34.6 Å². The molecule has 0 spiro atoms. The number of alkyl halides is 3. The largest absolute Gasteiger partial charge is 0.491 e. The second kappa shape index (κ2) is 12.6. The Morgan fingerprint density at radius 1 is 1.00 bits per heavy atom. The zero-order valence-corrected chi connectivity index (χ0v) is 19.5.